The normalized spacial score (nSPS) is 18.1. The van der Waals surface area contributed by atoms with Crippen molar-refractivity contribution in [1.82, 2.24) is 5.06 Å². The SMILES string of the molecule is COc1cccc(NC(=O)ON2CCC3(CC2)CC(c2ccc(C)cc2)=NO3)c1. The van der Waals surface area contributed by atoms with Crippen LogP contribution in [0.25, 0.3) is 0 Å². The summed E-state index contributed by atoms with van der Waals surface area (Å²) in [6.07, 6.45) is 1.76. The van der Waals surface area contributed by atoms with Gasteiger partial charge in [0.2, 0.25) is 0 Å². The molecule has 0 atom stereocenters. The van der Waals surface area contributed by atoms with Gasteiger partial charge in [0.1, 0.15) is 11.4 Å². The Balaban J connectivity index is 1.27. The van der Waals surface area contributed by atoms with Crippen molar-refractivity contribution in [3.63, 3.8) is 0 Å². The lowest BCUT2D eigenvalue weighted by atomic mass is 9.86. The number of aryl methyl sites for hydroxylation is 1. The summed E-state index contributed by atoms with van der Waals surface area (Å²) < 4.78 is 5.16. The Morgan fingerprint density at radius 2 is 1.93 bits per heavy atom. The van der Waals surface area contributed by atoms with Crippen LogP contribution in [-0.2, 0) is 9.68 Å². The fourth-order valence-corrected chi connectivity index (χ4v) is 3.63. The highest BCUT2D eigenvalue weighted by molar-refractivity contribution is 6.01. The number of benzene rings is 2. The molecule has 0 aliphatic carbocycles. The molecule has 2 heterocycles. The maximum Gasteiger partial charge on any atom is 0.430 e. The molecule has 152 valence electrons. The van der Waals surface area contributed by atoms with Gasteiger partial charge in [0.05, 0.1) is 12.8 Å². The average Bonchev–Trinajstić information content (AvgIpc) is 3.14. The predicted molar refractivity (Wildman–Crippen MR) is 110 cm³/mol. The van der Waals surface area contributed by atoms with Gasteiger partial charge in [-0.1, -0.05) is 41.1 Å². The van der Waals surface area contributed by atoms with Gasteiger partial charge in [-0.05, 0) is 24.6 Å². The second-order valence-corrected chi connectivity index (χ2v) is 7.52. The number of hydroxylamine groups is 2. The molecule has 2 aliphatic rings. The summed E-state index contributed by atoms with van der Waals surface area (Å²) in [6, 6.07) is 15.5. The summed E-state index contributed by atoms with van der Waals surface area (Å²) in [5, 5.41) is 8.73. The zero-order valence-corrected chi connectivity index (χ0v) is 16.7. The molecule has 0 bridgehead atoms. The number of carbonyl (C=O) groups excluding carboxylic acids is 1. The molecule has 29 heavy (non-hydrogen) atoms. The first-order chi connectivity index (χ1) is 14.0. The Morgan fingerprint density at radius 3 is 2.66 bits per heavy atom. The van der Waals surface area contributed by atoms with Gasteiger partial charge in [-0.15, -0.1) is 5.06 Å². The highest BCUT2D eigenvalue weighted by Gasteiger charge is 2.43. The number of carbonyl (C=O) groups is 1. The van der Waals surface area contributed by atoms with E-state index in [1.165, 1.54) is 5.56 Å². The lowest BCUT2D eigenvalue weighted by molar-refractivity contribution is -0.154. The van der Waals surface area contributed by atoms with Crippen LogP contribution in [0.3, 0.4) is 0 Å². The van der Waals surface area contributed by atoms with Crippen molar-refractivity contribution in [2.24, 2.45) is 5.16 Å². The third kappa shape index (κ3) is 4.51. The molecule has 1 saturated heterocycles. The topological polar surface area (TPSA) is 72.4 Å². The molecule has 4 rings (SSSR count). The van der Waals surface area contributed by atoms with Crippen molar-refractivity contribution in [2.75, 3.05) is 25.5 Å². The van der Waals surface area contributed by atoms with Crippen molar-refractivity contribution >= 4 is 17.5 Å². The van der Waals surface area contributed by atoms with Gasteiger partial charge in [0.25, 0.3) is 0 Å². The molecular weight excluding hydrogens is 370 g/mol. The molecule has 0 unspecified atom stereocenters. The number of rotatable bonds is 4. The van der Waals surface area contributed by atoms with Crippen LogP contribution in [-0.4, -0.2) is 42.7 Å². The largest absolute Gasteiger partial charge is 0.497 e. The molecule has 0 radical (unpaired) electrons. The molecule has 1 N–H and O–H groups in total. The highest BCUT2D eigenvalue weighted by atomic mass is 16.7. The van der Waals surface area contributed by atoms with Gasteiger partial charge in [0, 0.05) is 44.1 Å². The van der Waals surface area contributed by atoms with Crippen LogP contribution < -0.4 is 10.1 Å². The zero-order valence-electron chi connectivity index (χ0n) is 16.7. The van der Waals surface area contributed by atoms with Crippen molar-refractivity contribution in [3.05, 3.63) is 59.7 Å². The van der Waals surface area contributed by atoms with Crippen LogP contribution in [0.1, 0.15) is 30.4 Å². The Kier molecular flexibility index (Phi) is 5.40. The molecular formula is C22H25N3O4. The van der Waals surface area contributed by atoms with E-state index >= 15 is 0 Å². The third-order valence-electron chi connectivity index (χ3n) is 5.39. The summed E-state index contributed by atoms with van der Waals surface area (Å²) in [4.78, 5) is 23.5. The minimum Gasteiger partial charge on any atom is -0.497 e. The molecule has 1 spiro atoms. The molecule has 7 heteroatoms. The number of hydrogen-bond donors (Lipinski definition) is 1. The molecule has 2 aromatic carbocycles. The van der Waals surface area contributed by atoms with Gasteiger partial charge in [-0.25, -0.2) is 4.79 Å². The maximum atomic E-state index is 12.2. The van der Waals surface area contributed by atoms with E-state index in [0.717, 1.165) is 30.5 Å². The molecule has 2 aromatic rings. The number of oxime groups is 1. The molecule has 0 saturated carbocycles. The van der Waals surface area contributed by atoms with Gasteiger partial charge in [0.15, 0.2) is 0 Å². The molecule has 2 aliphatic heterocycles. The van der Waals surface area contributed by atoms with Crippen LogP contribution >= 0.6 is 0 Å². The first kappa shape index (κ1) is 19.3. The third-order valence-corrected chi connectivity index (χ3v) is 5.39. The van der Waals surface area contributed by atoms with E-state index in [1.807, 2.05) is 12.1 Å². The molecule has 0 aromatic heterocycles. The van der Waals surface area contributed by atoms with E-state index in [2.05, 4.69) is 41.7 Å². The number of ether oxygens (including phenoxy) is 1. The van der Waals surface area contributed by atoms with Gasteiger partial charge < -0.3 is 14.4 Å². The van der Waals surface area contributed by atoms with E-state index in [-0.39, 0.29) is 5.60 Å². The first-order valence-corrected chi connectivity index (χ1v) is 9.75. The summed E-state index contributed by atoms with van der Waals surface area (Å²) in [5.74, 6) is 0.672. The number of hydrogen-bond acceptors (Lipinski definition) is 6. The van der Waals surface area contributed by atoms with Crippen LogP contribution in [0, 0.1) is 6.92 Å². The summed E-state index contributed by atoms with van der Waals surface area (Å²) in [6.45, 7) is 3.27. The summed E-state index contributed by atoms with van der Waals surface area (Å²) >= 11 is 0. The van der Waals surface area contributed by atoms with E-state index in [4.69, 9.17) is 14.4 Å². The fourth-order valence-electron chi connectivity index (χ4n) is 3.63. The van der Waals surface area contributed by atoms with Crippen molar-refractivity contribution in [3.8, 4) is 5.75 Å². The maximum absolute atomic E-state index is 12.2. The number of nitrogens with zero attached hydrogens (tertiary/aromatic N) is 2. The molecule has 7 nitrogen and oxygen atoms in total. The first-order valence-electron chi connectivity index (χ1n) is 9.75. The second-order valence-electron chi connectivity index (χ2n) is 7.52. The highest BCUT2D eigenvalue weighted by Crippen LogP contribution is 2.36. The van der Waals surface area contributed by atoms with Crippen molar-refractivity contribution < 1.29 is 19.2 Å². The Morgan fingerprint density at radius 1 is 1.17 bits per heavy atom. The number of amides is 1. The fraction of sp³-hybridized carbons (Fsp3) is 0.364. The lowest BCUT2D eigenvalue weighted by Gasteiger charge is -2.35. The van der Waals surface area contributed by atoms with Gasteiger partial charge in [-0.3, -0.25) is 5.32 Å². The minimum atomic E-state index is -0.516. The van der Waals surface area contributed by atoms with Crippen LogP contribution in [0.5, 0.6) is 5.75 Å². The van der Waals surface area contributed by atoms with E-state index in [9.17, 15) is 4.79 Å². The molecule has 1 amide bonds. The van der Waals surface area contributed by atoms with Crippen molar-refractivity contribution in [1.29, 1.82) is 0 Å². The lowest BCUT2D eigenvalue weighted by Crippen LogP contribution is -2.45. The molecule has 1 fully saturated rings. The Hall–Kier alpha value is -3.06. The number of anilines is 1. The van der Waals surface area contributed by atoms with Crippen LogP contribution in [0.2, 0.25) is 0 Å². The smallest absolute Gasteiger partial charge is 0.430 e. The number of nitrogens with one attached hydrogen (secondary N) is 1. The zero-order chi connectivity index (χ0) is 20.3. The minimum absolute atomic E-state index is 0.302. The number of methoxy groups -OCH3 is 1. The van der Waals surface area contributed by atoms with Crippen LogP contribution in [0.15, 0.2) is 53.7 Å². The average molecular weight is 395 g/mol. The second kappa shape index (κ2) is 8.13. The quantitative estimate of drug-likeness (QED) is 0.843. The van der Waals surface area contributed by atoms with E-state index in [1.54, 1.807) is 24.3 Å². The standard InChI is InChI=1S/C22H25N3O4/c1-16-6-8-17(9-7-16)20-15-22(29-24-20)10-12-25(13-11-22)28-21(26)23-18-4-3-5-19(14-18)27-2/h3-9,14H,10-13,15H2,1-2H3,(H,23,26). The summed E-state index contributed by atoms with van der Waals surface area (Å²) in [7, 11) is 1.58. The Labute approximate surface area is 170 Å². The summed E-state index contributed by atoms with van der Waals surface area (Å²) in [5.41, 5.74) is 3.63. The van der Waals surface area contributed by atoms with Crippen LogP contribution in [0.4, 0.5) is 10.5 Å². The van der Waals surface area contributed by atoms with E-state index < -0.39 is 6.09 Å². The Bertz CT molecular complexity index is 903. The van der Waals surface area contributed by atoms with E-state index in [0.29, 0.717) is 24.5 Å². The monoisotopic (exact) mass is 395 g/mol. The van der Waals surface area contributed by atoms with Gasteiger partial charge in [-0.2, -0.15) is 0 Å². The predicted octanol–water partition coefficient (Wildman–Crippen LogP) is 4.13. The number of piperidine rings is 1. The van der Waals surface area contributed by atoms with Crippen molar-refractivity contribution in [2.45, 2.75) is 31.8 Å². The van der Waals surface area contributed by atoms with Gasteiger partial charge >= 0.3 is 6.09 Å².